The number of rotatable bonds is 7. The quantitative estimate of drug-likeness (QED) is 0.384. The van der Waals surface area contributed by atoms with E-state index in [1.54, 1.807) is 10.8 Å². The molecular formula is C27H27Cl2N3O. The predicted molar refractivity (Wildman–Crippen MR) is 138 cm³/mol. The number of pyridine rings is 2. The molecule has 0 N–H and O–H groups in total. The van der Waals surface area contributed by atoms with Crippen molar-refractivity contribution in [2.75, 3.05) is 13.1 Å². The zero-order valence-corrected chi connectivity index (χ0v) is 20.2. The van der Waals surface area contributed by atoms with Gasteiger partial charge in [0.1, 0.15) is 5.65 Å². The number of nitrogens with zero attached hydrogens (tertiary/aromatic N) is 3. The van der Waals surface area contributed by atoms with Gasteiger partial charge in [-0.1, -0.05) is 61.0 Å². The highest BCUT2D eigenvalue weighted by Crippen LogP contribution is 2.25. The molecule has 3 heterocycles. The molecule has 3 aromatic rings. The van der Waals surface area contributed by atoms with Crippen LogP contribution >= 0.6 is 23.2 Å². The third kappa shape index (κ3) is 5.47. The first-order chi connectivity index (χ1) is 16.0. The van der Waals surface area contributed by atoms with Crippen molar-refractivity contribution in [3.05, 3.63) is 110 Å². The summed E-state index contributed by atoms with van der Waals surface area (Å²) in [6, 6.07) is 11.6. The standard InChI is InChI=1S/C27H27Cl2N3O/c1-3-21(28)7-4-6-19(2)16-31-15-13-23-24-8-5-14-30-26(24)32(27(33)25(23)18-31)17-20-9-11-22(29)12-10-20/h4-12,14H,2-3,13,15-18H2,1H3/b6-4-,21-7+. The molecule has 4 nitrogen and oxygen atoms in total. The molecule has 33 heavy (non-hydrogen) atoms. The number of allylic oxidation sites excluding steroid dienone is 3. The van der Waals surface area contributed by atoms with Crippen molar-refractivity contribution in [1.29, 1.82) is 0 Å². The Labute approximate surface area is 204 Å². The molecule has 0 radical (unpaired) electrons. The summed E-state index contributed by atoms with van der Waals surface area (Å²) in [6.07, 6.45) is 9.19. The lowest BCUT2D eigenvalue weighted by molar-refractivity contribution is 0.276. The number of halogens is 2. The second kappa shape index (κ2) is 10.5. The van der Waals surface area contributed by atoms with Crippen LogP contribution in [0.3, 0.4) is 0 Å². The number of aromatic nitrogens is 2. The molecule has 1 aliphatic rings. The minimum atomic E-state index is 0.0228. The van der Waals surface area contributed by atoms with Gasteiger partial charge in [0, 0.05) is 46.8 Å². The molecule has 4 rings (SSSR count). The van der Waals surface area contributed by atoms with Crippen molar-refractivity contribution >= 4 is 34.2 Å². The smallest absolute Gasteiger partial charge is 0.257 e. The van der Waals surface area contributed by atoms with E-state index in [-0.39, 0.29) is 5.56 Å². The van der Waals surface area contributed by atoms with Gasteiger partial charge in [-0.2, -0.15) is 0 Å². The first-order valence-corrected chi connectivity index (χ1v) is 11.9. The first kappa shape index (κ1) is 23.5. The lowest BCUT2D eigenvalue weighted by Crippen LogP contribution is -2.38. The van der Waals surface area contributed by atoms with E-state index in [1.165, 1.54) is 0 Å². The Hall–Kier alpha value is -2.66. The summed E-state index contributed by atoms with van der Waals surface area (Å²) in [5.74, 6) is 0. The molecule has 1 aliphatic heterocycles. The van der Waals surface area contributed by atoms with Gasteiger partial charge in [-0.25, -0.2) is 4.98 Å². The molecular weight excluding hydrogens is 453 g/mol. The zero-order valence-electron chi connectivity index (χ0n) is 18.7. The monoisotopic (exact) mass is 479 g/mol. The zero-order chi connectivity index (χ0) is 23.4. The Balaban J connectivity index is 1.63. The molecule has 2 aromatic heterocycles. The van der Waals surface area contributed by atoms with Gasteiger partial charge < -0.3 is 0 Å². The molecule has 0 amide bonds. The normalized spacial score (nSPS) is 14.7. The summed E-state index contributed by atoms with van der Waals surface area (Å²) < 4.78 is 1.78. The molecule has 0 fully saturated rings. The highest BCUT2D eigenvalue weighted by Gasteiger charge is 2.24. The molecule has 0 saturated carbocycles. The average molecular weight is 480 g/mol. The third-order valence-electron chi connectivity index (χ3n) is 5.92. The topological polar surface area (TPSA) is 38.1 Å². The SMILES string of the molecule is C=C(/C=C\C=C(\Cl)CC)CN1CCc2c(c(=O)n(Cc3ccc(Cl)cc3)c3ncccc23)C1. The van der Waals surface area contributed by atoms with E-state index in [1.807, 2.05) is 55.5 Å². The minimum absolute atomic E-state index is 0.0228. The van der Waals surface area contributed by atoms with Crippen LogP contribution in [0.15, 0.2) is 82.8 Å². The molecule has 0 unspecified atom stereocenters. The molecule has 170 valence electrons. The van der Waals surface area contributed by atoms with Crippen molar-refractivity contribution in [3.63, 3.8) is 0 Å². The number of hydrogen-bond acceptors (Lipinski definition) is 3. The summed E-state index contributed by atoms with van der Waals surface area (Å²) in [4.78, 5) is 20.5. The van der Waals surface area contributed by atoms with Crippen LogP contribution in [0.4, 0.5) is 0 Å². The van der Waals surface area contributed by atoms with Gasteiger partial charge in [-0.3, -0.25) is 14.3 Å². The third-order valence-corrected chi connectivity index (χ3v) is 6.57. The summed E-state index contributed by atoms with van der Waals surface area (Å²) in [7, 11) is 0. The van der Waals surface area contributed by atoms with Gasteiger partial charge >= 0.3 is 0 Å². The van der Waals surface area contributed by atoms with E-state index in [2.05, 4.69) is 22.5 Å². The van der Waals surface area contributed by atoms with Crippen LogP contribution in [0.5, 0.6) is 0 Å². The summed E-state index contributed by atoms with van der Waals surface area (Å²) in [5.41, 5.74) is 4.72. The Morgan fingerprint density at radius 1 is 1.21 bits per heavy atom. The number of benzene rings is 1. The maximum absolute atomic E-state index is 13.6. The molecule has 0 aliphatic carbocycles. The molecule has 0 spiro atoms. The number of fused-ring (bicyclic) bond motifs is 3. The molecule has 0 atom stereocenters. The Morgan fingerprint density at radius 3 is 2.76 bits per heavy atom. The van der Waals surface area contributed by atoms with E-state index >= 15 is 0 Å². The van der Waals surface area contributed by atoms with Gasteiger partial charge in [0.15, 0.2) is 0 Å². The second-order valence-electron chi connectivity index (χ2n) is 8.29. The van der Waals surface area contributed by atoms with E-state index in [4.69, 9.17) is 23.2 Å². The van der Waals surface area contributed by atoms with Crippen molar-refractivity contribution < 1.29 is 0 Å². The van der Waals surface area contributed by atoms with Crippen molar-refractivity contribution in [3.8, 4) is 0 Å². The average Bonchev–Trinajstić information content (AvgIpc) is 2.82. The maximum Gasteiger partial charge on any atom is 0.257 e. The Morgan fingerprint density at radius 2 is 2.00 bits per heavy atom. The fourth-order valence-electron chi connectivity index (χ4n) is 4.22. The molecule has 0 bridgehead atoms. The molecule has 1 aromatic carbocycles. The highest BCUT2D eigenvalue weighted by molar-refractivity contribution is 6.30. The van der Waals surface area contributed by atoms with E-state index in [0.717, 1.165) is 57.7 Å². The van der Waals surface area contributed by atoms with E-state index < -0.39 is 0 Å². The minimum Gasteiger partial charge on any atom is -0.294 e. The maximum atomic E-state index is 13.6. The van der Waals surface area contributed by atoms with Crippen LogP contribution in [-0.4, -0.2) is 27.5 Å². The Bertz CT molecular complexity index is 1290. The van der Waals surface area contributed by atoms with Gasteiger partial charge in [-0.05, 0) is 59.9 Å². The highest BCUT2D eigenvalue weighted by atomic mass is 35.5. The summed E-state index contributed by atoms with van der Waals surface area (Å²) in [6.45, 7) is 8.82. The van der Waals surface area contributed by atoms with Crippen LogP contribution in [-0.2, 0) is 19.5 Å². The lowest BCUT2D eigenvalue weighted by Gasteiger charge is -2.30. The van der Waals surface area contributed by atoms with E-state index in [9.17, 15) is 4.79 Å². The van der Waals surface area contributed by atoms with Gasteiger partial charge in [0.25, 0.3) is 5.56 Å². The van der Waals surface area contributed by atoms with Gasteiger partial charge in [0.2, 0.25) is 0 Å². The summed E-state index contributed by atoms with van der Waals surface area (Å²) >= 11 is 12.1. The largest absolute Gasteiger partial charge is 0.294 e. The van der Waals surface area contributed by atoms with Crippen LogP contribution in [0.2, 0.25) is 5.02 Å². The predicted octanol–water partition coefficient (Wildman–Crippen LogP) is 6.10. The van der Waals surface area contributed by atoms with Gasteiger partial charge in [-0.15, -0.1) is 0 Å². The van der Waals surface area contributed by atoms with E-state index in [0.29, 0.717) is 24.7 Å². The van der Waals surface area contributed by atoms with Crippen molar-refractivity contribution in [2.45, 2.75) is 32.9 Å². The van der Waals surface area contributed by atoms with Crippen LogP contribution < -0.4 is 5.56 Å². The number of hydrogen-bond donors (Lipinski definition) is 0. The van der Waals surface area contributed by atoms with Crippen LogP contribution in [0, 0.1) is 0 Å². The van der Waals surface area contributed by atoms with Crippen LogP contribution in [0.1, 0.15) is 30.0 Å². The van der Waals surface area contributed by atoms with Crippen LogP contribution in [0.25, 0.3) is 11.0 Å². The molecule has 6 heteroatoms. The first-order valence-electron chi connectivity index (χ1n) is 11.1. The second-order valence-corrected chi connectivity index (χ2v) is 9.22. The van der Waals surface area contributed by atoms with Gasteiger partial charge in [0.05, 0.1) is 6.54 Å². The fraction of sp³-hybridized carbons (Fsp3) is 0.259. The van der Waals surface area contributed by atoms with Crippen molar-refractivity contribution in [2.24, 2.45) is 0 Å². The fourth-order valence-corrected chi connectivity index (χ4v) is 4.42. The lowest BCUT2D eigenvalue weighted by atomic mass is 9.97. The Kier molecular flexibility index (Phi) is 7.49. The summed E-state index contributed by atoms with van der Waals surface area (Å²) in [5, 5.41) is 2.54. The molecule has 0 saturated heterocycles. The van der Waals surface area contributed by atoms with Crippen molar-refractivity contribution in [1.82, 2.24) is 14.5 Å².